The van der Waals surface area contributed by atoms with Crippen LogP contribution in [0.5, 0.6) is 0 Å². The van der Waals surface area contributed by atoms with Crippen LogP contribution in [0.15, 0.2) is 16.5 Å². The predicted molar refractivity (Wildman–Crippen MR) is 22.9 cm³/mol. The topological polar surface area (TPSA) is 30.2 Å². The molecule has 0 N–H and O–H groups in total. The number of aldehydes is 1. The van der Waals surface area contributed by atoms with E-state index in [2.05, 4.69) is 10.7 Å². The van der Waals surface area contributed by atoms with Gasteiger partial charge in [-0.2, -0.15) is 6.07 Å². The minimum atomic E-state index is 0. The monoisotopic (exact) mass is 184 g/mol. The van der Waals surface area contributed by atoms with Gasteiger partial charge in [0, 0.05) is 38.5 Å². The standard InChI is InChI=1S/C5H3O2.Y/c6-4-5-2-1-3-7-5;/h1-2,4H;/q-1;. The Labute approximate surface area is 72.1 Å². The third kappa shape index (κ3) is 1.89. The number of furan rings is 1. The van der Waals surface area contributed by atoms with E-state index >= 15 is 0 Å². The average Bonchev–Trinajstić information content (AvgIpc) is 2.14. The smallest absolute Gasteiger partial charge is 0.117 e. The third-order valence-electron chi connectivity index (χ3n) is 0.609. The second kappa shape index (κ2) is 3.99. The van der Waals surface area contributed by atoms with Crippen molar-refractivity contribution in [2.45, 2.75) is 0 Å². The molecule has 1 rings (SSSR count). The summed E-state index contributed by atoms with van der Waals surface area (Å²) in [4.78, 5) is 9.75. The molecule has 0 amide bonds. The van der Waals surface area contributed by atoms with E-state index in [-0.39, 0.29) is 32.7 Å². The van der Waals surface area contributed by atoms with Crippen LogP contribution in [0.1, 0.15) is 10.6 Å². The molecule has 0 atom stereocenters. The maximum Gasteiger partial charge on any atom is 0.117 e. The van der Waals surface area contributed by atoms with Crippen molar-refractivity contribution in [3.8, 4) is 0 Å². The first-order chi connectivity index (χ1) is 3.43. The van der Waals surface area contributed by atoms with Crippen molar-refractivity contribution >= 4 is 6.29 Å². The Morgan fingerprint density at radius 3 is 2.75 bits per heavy atom. The molecule has 3 heteroatoms. The van der Waals surface area contributed by atoms with Gasteiger partial charge in [-0.05, 0) is 6.26 Å². The van der Waals surface area contributed by atoms with Crippen molar-refractivity contribution in [3.63, 3.8) is 0 Å². The quantitative estimate of drug-likeness (QED) is 0.479. The van der Waals surface area contributed by atoms with Gasteiger partial charge >= 0.3 is 0 Å². The van der Waals surface area contributed by atoms with Gasteiger partial charge in [0.25, 0.3) is 0 Å². The van der Waals surface area contributed by atoms with Crippen molar-refractivity contribution in [1.29, 1.82) is 0 Å². The molecule has 1 radical (unpaired) electrons. The fraction of sp³-hybridized carbons (Fsp3) is 0. The van der Waals surface area contributed by atoms with E-state index < -0.39 is 0 Å². The summed E-state index contributed by atoms with van der Waals surface area (Å²) in [5.41, 5.74) is 0. The van der Waals surface area contributed by atoms with Crippen LogP contribution in [0.3, 0.4) is 0 Å². The number of hydrogen-bond acceptors (Lipinski definition) is 2. The van der Waals surface area contributed by atoms with Crippen LogP contribution in [0.2, 0.25) is 0 Å². The van der Waals surface area contributed by atoms with Crippen molar-refractivity contribution in [2.75, 3.05) is 0 Å². The van der Waals surface area contributed by atoms with Crippen molar-refractivity contribution in [2.24, 2.45) is 0 Å². The Kier molecular flexibility index (Phi) is 4.01. The van der Waals surface area contributed by atoms with E-state index in [9.17, 15) is 4.79 Å². The van der Waals surface area contributed by atoms with Crippen LogP contribution in [0.4, 0.5) is 0 Å². The summed E-state index contributed by atoms with van der Waals surface area (Å²) in [7, 11) is 0. The molecule has 0 saturated heterocycles. The summed E-state index contributed by atoms with van der Waals surface area (Å²) in [6.07, 6.45) is 3.01. The minimum Gasteiger partial charge on any atom is -0.588 e. The first-order valence-electron chi connectivity index (χ1n) is 1.84. The van der Waals surface area contributed by atoms with Crippen molar-refractivity contribution < 1.29 is 41.9 Å². The van der Waals surface area contributed by atoms with Crippen LogP contribution in [-0.4, -0.2) is 6.29 Å². The molecule has 0 aliphatic rings. The molecule has 0 bridgehead atoms. The molecule has 39 valence electrons. The zero-order chi connectivity index (χ0) is 5.11. The molecule has 0 spiro atoms. The first-order valence-corrected chi connectivity index (χ1v) is 1.84. The summed E-state index contributed by atoms with van der Waals surface area (Å²) < 4.78 is 4.49. The molecule has 0 aliphatic heterocycles. The third-order valence-corrected chi connectivity index (χ3v) is 0.609. The Morgan fingerprint density at radius 2 is 2.50 bits per heavy atom. The van der Waals surface area contributed by atoms with Gasteiger partial charge < -0.3 is 9.21 Å². The number of carbonyl (C=O) groups excluding carboxylic acids is 1. The fourth-order valence-corrected chi connectivity index (χ4v) is 0.316. The second-order valence-corrected chi connectivity index (χ2v) is 1.07. The molecule has 0 aliphatic carbocycles. The molecule has 1 aromatic heterocycles. The maximum absolute atomic E-state index is 9.75. The second-order valence-electron chi connectivity index (χ2n) is 1.07. The molecule has 0 saturated carbocycles. The van der Waals surface area contributed by atoms with E-state index in [1.165, 1.54) is 0 Å². The molecule has 2 nitrogen and oxygen atoms in total. The van der Waals surface area contributed by atoms with Crippen LogP contribution < -0.4 is 0 Å². The zero-order valence-corrected chi connectivity index (χ0v) is 6.96. The number of carbonyl (C=O) groups is 1. The Bertz CT molecular complexity index is 145. The van der Waals surface area contributed by atoms with Gasteiger partial charge in [-0.15, -0.1) is 6.07 Å². The molecule has 0 unspecified atom stereocenters. The summed E-state index contributed by atoms with van der Waals surface area (Å²) in [6.45, 7) is 0. The summed E-state index contributed by atoms with van der Waals surface area (Å²) in [5.74, 6) is 0.319. The van der Waals surface area contributed by atoms with Gasteiger partial charge in [0.1, 0.15) is 6.29 Å². The molecule has 0 fully saturated rings. The normalized spacial score (nSPS) is 7.50. The largest absolute Gasteiger partial charge is 0.588 e. The minimum absolute atomic E-state index is 0. The summed E-state index contributed by atoms with van der Waals surface area (Å²) >= 11 is 0. The molecule has 1 heterocycles. The maximum atomic E-state index is 9.75. The van der Waals surface area contributed by atoms with Gasteiger partial charge in [-0.25, -0.2) is 0 Å². The number of rotatable bonds is 1. The Balaban J connectivity index is 0.000000490. The van der Waals surface area contributed by atoms with E-state index in [4.69, 9.17) is 0 Å². The van der Waals surface area contributed by atoms with E-state index in [0.29, 0.717) is 12.0 Å². The molecular weight excluding hydrogens is 181 g/mol. The Hall–Kier alpha value is 0.0539. The van der Waals surface area contributed by atoms with Gasteiger partial charge in [0.2, 0.25) is 0 Å². The summed E-state index contributed by atoms with van der Waals surface area (Å²) in [6, 6.07) is 3.09. The van der Waals surface area contributed by atoms with E-state index in [1.807, 2.05) is 0 Å². The van der Waals surface area contributed by atoms with Crippen molar-refractivity contribution in [3.05, 3.63) is 24.2 Å². The van der Waals surface area contributed by atoms with Crippen LogP contribution in [-0.2, 0) is 32.7 Å². The molecule has 0 aromatic carbocycles. The van der Waals surface area contributed by atoms with Crippen LogP contribution in [0, 0.1) is 6.26 Å². The fourth-order valence-electron chi connectivity index (χ4n) is 0.316. The van der Waals surface area contributed by atoms with Gasteiger partial charge in [-0.1, -0.05) is 0 Å². The van der Waals surface area contributed by atoms with Gasteiger partial charge in [0.05, 0.1) is 0 Å². The van der Waals surface area contributed by atoms with Crippen molar-refractivity contribution in [1.82, 2.24) is 0 Å². The predicted octanol–water partition coefficient (Wildman–Crippen LogP) is 0.890. The molecular formula is C5H3O2Y-. The average molecular weight is 184 g/mol. The number of hydrogen-bond donors (Lipinski definition) is 0. The van der Waals surface area contributed by atoms with E-state index in [0.717, 1.165) is 0 Å². The van der Waals surface area contributed by atoms with Crippen LogP contribution >= 0.6 is 0 Å². The van der Waals surface area contributed by atoms with E-state index in [1.54, 1.807) is 12.1 Å². The van der Waals surface area contributed by atoms with Crippen LogP contribution in [0.25, 0.3) is 0 Å². The molecule has 8 heavy (non-hydrogen) atoms. The summed E-state index contributed by atoms with van der Waals surface area (Å²) in [5, 5.41) is 0. The van der Waals surface area contributed by atoms with Gasteiger partial charge in [-0.3, -0.25) is 0 Å². The zero-order valence-electron chi connectivity index (χ0n) is 4.13. The SMILES string of the molecule is O=Cc1cc[c-]o1.[Y]. The first kappa shape index (κ1) is 8.05. The van der Waals surface area contributed by atoms with Gasteiger partial charge in [0.15, 0.2) is 0 Å². The molecule has 1 aromatic rings. The Morgan fingerprint density at radius 1 is 1.75 bits per heavy atom.